The third kappa shape index (κ3) is 3.19. The van der Waals surface area contributed by atoms with Gasteiger partial charge in [-0.15, -0.1) is 0 Å². The molecule has 2 aromatic carbocycles. The van der Waals surface area contributed by atoms with Crippen LogP contribution in [0.2, 0.25) is 0 Å². The second kappa shape index (κ2) is 6.68. The Morgan fingerprint density at radius 1 is 1.11 bits per heavy atom. The number of amides is 2. The summed E-state index contributed by atoms with van der Waals surface area (Å²) in [6.45, 7) is 2.13. The molecule has 2 heterocycles. The van der Waals surface area contributed by atoms with Crippen LogP contribution in [-0.2, 0) is 17.9 Å². The van der Waals surface area contributed by atoms with E-state index in [4.69, 9.17) is 0 Å². The highest BCUT2D eigenvalue weighted by molar-refractivity contribution is 5.96. The van der Waals surface area contributed by atoms with Gasteiger partial charge in [0, 0.05) is 24.6 Å². The number of nitrogens with one attached hydrogen (secondary N) is 1. The number of benzene rings is 2. The molecule has 1 N–H and O–H groups in total. The smallest absolute Gasteiger partial charge is 0.254 e. The highest BCUT2D eigenvalue weighted by atomic mass is 19.1. The molecule has 27 heavy (non-hydrogen) atoms. The number of rotatable bonds is 3. The van der Waals surface area contributed by atoms with E-state index in [1.165, 1.54) is 19.1 Å². The fourth-order valence-electron chi connectivity index (χ4n) is 3.21. The molecule has 0 bridgehead atoms. The molecule has 4 rings (SSSR count). The molecule has 3 aromatic rings. The largest absolute Gasteiger partial charge is 0.328 e. The zero-order valence-electron chi connectivity index (χ0n) is 14.6. The fraction of sp³-hybridized carbons (Fsp3) is 0.150. The van der Waals surface area contributed by atoms with Gasteiger partial charge < -0.3 is 10.2 Å². The van der Waals surface area contributed by atoms with E-state index < -0.39 is 5.82 Å². The lowest BCUT2D eigenvalue weighted by Crippen LogP contribution is -2.26. The Labute approximate surface area is 155 Å². The minimum atomic E-state index is -0.636. The SMILES string of the molecule is CC(=O)Nc1ccc(C(=O)N2Cc3cnn(-c4ccccc4)c3C2)cc1F. The van der Waals surface area contributed by atoms with Gasteiger partial charge in [-0.2, -0.15) is 5.10 Å². The Hall–Kier alpha value is -3.48. The first kappa shape index (κ1) is 17.0. The van der Waals surface area contributed by atoms with Crippen molar-refractivity contribution in [3.05, 3.63) is 77.4 Å². The van der Waals surface area contributed by atoms with Gasteiger partial charge in [-0.3, -0.25) is 9.59 Å². The van der Waals surface area contributed by atoms with Gasteiger partial charge in [-0.25, -0.2) is 9.07 Å². The molecule has 0 radical (unpaired) electrons. The Bertz CT molecular complexity index is 1030. The summed E-state index contributed by atoms with van der Waals surface area (Å²) < 4.78 is 16.0. The number of hydrogen-bond donors (Lipinski definition) is 1. The summed E-state index contributed by atoms with van der Waals surface area (Å²) in [6.07, 6.45) is 1.76. The minimum Gasteiger partial charge on any atom is -0.328 e. The normalized spacial score (nSPS) is 12.7. The first-order valence-corrected chi connectivity index (χ1v) is 8.50. The molecule has 1 aromatic heterocycles. The van der Waals surface area contributed by atoms with Crippen molar-refractivity contribution in [3.8, 4) is 5.69 Å². The van der Waals surface area contributed by atoms with Gasteiger partial charge in [0.1, 0.15) is 5.82 Å². The molecule has 0 saturated carbocycles. The fourth-order valence-corrected chi connectivity index (χ4v) is 3.21. The summed E-state index contributed by atoms with van der Waals surface area (Å²) in [5.41, 5.74) is 3.15. The molecule has 2 amide bonds. The minimum absolute atomic E-state index is 0.0588. The monoisotopic (exact) mass is 364 g/mol. The van der Waals surface area contributed by atoms with E-state index in [1.807, 2.05) is 35.0 Å². The summed E-state index contributed by atoms with van der Waals surface area (Å²) >= 11 is 0. The first-order valence-electron chi connectivity index (χ1n) is 8.50. The Balaban J connectivity index is 1.55. The molecule has 7 heteroatoms. The van der Waals surface area contributed by atoms with E-state index in [2.05, 4.69) is 10.4 Å². The number of anilines is 1. The summed E-state index contributed by atoms with van der Waals surface area (Å²) in [6, 6.07) is 13.8. The summed E-state index contributed by atoms with van der Waals surface area (Å²) in [5, 5.41) is 6.80. The molecule has 0 saturated heterocycles. The Kier molecular flexibility index (Phi) is 4.19. The molecular formula is C20H17FN4O2. The van der Waals surface area contributed by atoms with Crippen molar-refractivity contribution in [1.29, 1.82) is 0 Å². The maximum atomic E-state index is 14.1. The molecular weight excluding hydrogens is 347 g/mol. The number of carbonyl (C=O) groups excluding carboxylic acids is 2. The molecule has 0 atom stereocenters. The van der Waals surface area contributed by atoms with Crippen LogP contribution in [0.25, 0.3) is 5.69 Å². The van der Waals surface area contributed by atoms with Gasteiger partial charge in [0.2, 0.25) is 5.91 Å². The van der Waals surface area contributed by atoms with Crippen LogP contribution in [0.3, 0.4) is 0 Å². The number of aromatic nitrogens is 2. The van der Waals surface area contributed by atoms with Crippen molar-refractivity contribution >= 4 is 17.5 Å². The summed E-state index contributed by atoms with van der Waals surface area (Å²) in [7, 11) is 0. The van der Waals surface area contributed by atoms with Crippen LogP contribution >= 0.6 is 0 Å². The Morgan fingerprint density at radius 3 is 2.59 bits per heavy atom. The molecule has 0 aliphatic carbocycles. The number of fused-ring (bicyclic) bond motifs is 1. The molecule has 0 spiro atoms. The lowest BCUT2D eigenvalue weighted by molar-refractivity contribution is -0.114. The van der Waals surface area contributed by atoms with Crippen molar-refractivity contribution in [1.82, 2.24) is 14.7 Å². The van der Waals surface area contributed by atoms with E-state index in [-0.39, 0.29) is 23.1 Å². The molecule has 1 aliphatic heterocycles. The van der Waals surface area contributed by atoms with Gasteiger partial charge >= 0.3 is 0 Å². The van der Waals surface area contributed by atoms with Crippen molar-refractivity contribution < 1.29 is 14.0 Å². The summed E-state index contributed by atoms with van der Waals surface area (Å²) in [4.78, 5) is 25.5. The van der Waals surface area contributed by atoms with Crippen LogP contribution in [-0.4, -0.2) is 26.5 Å². The average Bonchev–Trinajstić information content (AvgIpc) is 3.24. The van der Waals surface area contributed by atoms with Crippen LogP contribution in [0.4, 0.5) is 10.1 Å². The van der Waals surface area contributed by atoms with Crippen molar-refractivity contribution in [2.24, 2.45) is 0 Å². The molecule has 1 aliphatic rings. The van der Waals surface area contributed by atoms with Crippen LogP contribution in [0.15, 0.2) is 54.7 Å². The lowest BCUT2D eigenvalue weighted by Gasteiger charge is -2.17. The third-order valence-electron chi connectivity index (χ3n) is 4.47. The lowest BCUT2D eigenvalue weighted by atomic mass is 10.1. The summed E-state index contributed by atoms with van der Waals surface area (Å²) in [5.74, 6) is -1.27. The molecule has 0 fully saturated rings. The Morgan fingerprint density at radius 2 is 1.89 bits per heavy atom. The van der Waals surface area contributed by atoms with Gasteiger partial charge in [0.25, 0.3) is 5.91 Å². The van der Waals surface area contributed by atoms with Gasteiger partial charge in [0.05, 0.1) is 29.8 Å². The maximum Gasteiger partial charge on any atom is 0.254 e. The number of para-hydroxylation sites is 1. The van der Waals surface area contributed by atoms with Crippen LogP contribution in [0, 0.1) is 5.82 Å². The van der Waals surface area contributed by atoms with Crippen molar-refractivity contribution in [3.63, 3.8) is 0 Å². The highest BCUT2D eigenvalue weighted by Crippen LogP contribution is 2.27. The predicted molar refractivity (Wildman–Crippen MR) is 97.8 cm³/mol. The van der Waals surface area contributed by atoms with Crippen molar-refractivity contribution in [2.75, 3.05) is 5.32 Å². The zero-order chi connectivity index (χ0) is 19.0. The number of nitrogens with zero attached hydrogens (tertiary/aromatic N) is 3. The van der Waals surface area contributed by atoms with Gasteiger partial charge in [-0.1, -0.05) is 18.2 Å². The molecule has 0 unspecified atom stereocenters. The zero-order valence-corrected chi connectivity index (χ0v) is 14.6. The predicted octanol–water partition coefficient (Wildman–Crippen LogP) is 3.13. The maximum absolute atomic E-state index is 14.1. The average molecular weight is 364 g/mol. The topological polar surface area (TPSA) is 67.2 Å². The second-order valence-electron chi connectivity index (χ2n) is 6.40. The molecule has 136 valence electrons. The van der Waals surface area contributed by atoms with E-state index >= 15 is 0 Å². The van der Waals surface area contributed by atoms with Crippen LogP contribution in [0.5, 0.6) is 0 Å². The highest BCUT2D eigenvalue weighted by Gasteiger charge is 2.28. The third-order valence-corrected chi connectivity index (χ3v) is 4.47. The number of hydrogen-bond acceptors (Lipinski definition) is 3. The van der Waals surface area contributed by atoms with Crippen LogP contribution < -0.4 is 5.32 Å². The second-order valence-corrected chi connectivity index (χ2v) is 6.40. The first-order chi connectivity index (χ1) is 13.0. The van der Waals surface area contributed by atoms with Gasteiger partial charge in [-0.05, 0) is 30.3 Å². The molecule has 6 nitrogen and oxygen atoms in total. The van der Waals surface area contributed by atoms with Crippen molar-refractivity contribution in [2.45, 2.75) is 20.0 Å². The van der Waals surface area contributed by atoms with E-state index in [0.717, 1.165) is 23.0 Å². The standard InChI is InChI=1S/C20H17FN4O2/c1-13(26)23-18-8-7-14(9-17(18)21)20(27)24-11-15-10-22-25(19(15)12-24)16-5-3-2-4-6-16/h2-10H,11-12H2,1H3,(H,23,26). The van der Waals surface area contributed by atoms with Crippen LogP contribution in [0.1, 0.15) is 28.5 Å². The quantitative estimate of drug-likeness (QED) is 0.776. The van der Waals surface area contributed by atoms with Gasteiger partial charge in [0.15, 0.2) is 0 Å². The van der Waals surface area contributed by atoms with E-state index in [0.29, 0.717) is 13.1 Å². The number of halogens is 1. The van der Waals surface area contributed by atoms with E-state index in [9.17, 15) is 14.0 Å². The number of carbonyl (C=O) groups is 2. The van der Waals surface area contributed by atoms with E-state index in [1.54, 1.807) is 11.1 Å².